The number of carbonyl (C=O) groups is 1. The summed E-state index contributed by atoms with van der Waals surface area (Å²) >= 11 is 0. The van der Waals surface area contributed by atoms with E-state index in [0.717, 1.165) is 59.7 Å². The number of hydrogen-bond donors (Lipinski definition) is 0. The van der Waals surface area contributed by atoms with Gasteiger partial charge >= 0.3 is 0 Å². The van der Waals surface area contributed by atoms with E-state index in [4.69, 9.17) is 14.5 Å². The highest BCUT2D eigenvalue weighted by Gasteiger charge is 2.31. The van der Waals surface area contributed by atoms with Crippen molar-refractivity contribution in [3.63, 3.8) is 0 Å². The van der Waals surface area contributed by atoms with Crippen LogP contribution in [0.5, 0.6) is 11.5 Å². The Bertz CT molecular complexity index is 1060. The van der Waals surface area contributed by atoms with Crippen molar-refractivity contribution in [3.8, 4) is 11.5 Å². The first-order valence-electron chi connectivity index (χ1n) is 10.4. The molecule has 1 aromatic heterocycles. The van der Waals surface area contributed by atoms with Crippen molar-refractivity contribution in [1.82, 2.24) is 14.5 Å². The third-order valence-corrected chi connectivity index (χ3v) is 5.87. The van der Waals surface area contributed by atoms with Crippen LogP contribution in [-0.4, -0.2) is 40.1 Å². The van der Waals surface area contributed by atoms with E-state index in [1.54, 1.807) is 0 Å². The highest BCUT2D eigenvalue weighted by Crippen LogP contribution is 2.38. The van der Waals surface area contributed by atoms with Crippen LogP contribution in [0.3, 0.4) is 0 Å². The summed E-state index contributed by atoms with van der Waals surface area (Å²) in [6.45, 7) is 4.34. The average Bonchev–Trinajstić information content (AvgIpc) is 3.38. The first kappa shape index (κ1) is 18.0. The number of carbonyl (C=O) groups excluding carboxylic acids is 1. The van der Waals surface area contributed by atoms with Gasteiger partial charge in [0.25, 0.3) is 0 Å². The predicted octanol–water partition coefficient (Wildman–Crippen LogP) is 3.73. The minimum atomic E-state index is 0.0817. The molecule has 6 nitrogen and oxygen atoms in total. The molecule has 2 aliphatic heterocycles. The van der Waals surface area contributed by atoms with Crippen LogP contribution in [0.15, 0.2) is 42.5 Å². The molecule has 6 heteroatoms. The standard InChI is InChI=1S/C23H25N3O3/c1-2-22-24-17-6-3-4-7-19(17)26(22)15-23(27)25-11-5-8-18(25)16-9-10-20-21(14-16)29-13-12-28-20/h3-4,6-7,9-10,14,18H,2,5,8,11-13,15H2,1H3/t18-/m1/s1. The number of amides is 1. The predicted molar refractivity (Wildman–Crippen MR) is 110 cm³/mol. The molecule has 2 aliphatic rings. The molecule has 1 fully saturated rings. The van der Waals surface area contributed by atoms with Gasteiger partial charge < -0.3 is 18.9 Å². The van der Waals surface area contributed by atoms with Crippen LogP contribution in [0.2, 0.25) is 0 Å². The van der Waals surface area contributed by atoms with Crippen LogP contribution in [0.4, 0.5) is 0 Å². The maximum Gasteiger partial charge on any atom is 0.243 e. The normalized spacial score (nSPS) is 18.4. The smallest absolute Gasteiger partial charge is 0.243 e. The monoisotopic (exact) mass is 391 g/mol. The Hall–Kier alpha value is -3.02. The molecule has 0 spiro atoms. The molecule has 3 aromatic rings. The first-order chi connectivity index (χ1) is 14.2. The number of imidazole rings is 1. The van der Waals surface area contributed by atoms with Gasteiger partial charge in [-0.25, -0.2) is 4.98 Å². The van der Waals surface area contributed by atoms with Gasteiger partial charge in [-0.05, 0) is 42.7 Å². The summed E-state index contributed by atoms with van der Waals surface area (Å²) in [5.41, 5.74) is 3.08. The summed E-state index contributed by atoms with van der Waals surface area (Å²) in [6.07, 6.45) is 2.78. The Morgan fingerprint density at radius 2 is 1.97 bits per heavy atom. The summed E-state index contributed by atoms with van der Waals surface area (Å²) in [7, 11) is 0. The Morgan fingerprint density at radius 3 is 2.83 bits per heavy atom. The molecule has 29 heavy (non-hydrogen) atoms. The molecule has 0 N–H and O–H groups in total. The van der Waals surface area contributed by atoms with Crippen molar-refractivity contribution >= 4 is 16.9 Å². The second kappa shape index (κ2) is 7.43. The fourth-order valence-electron chi connectivity index (χ4n) is 4.48. The van der Waals surface area contributed by atoms with Gasteiger partial charge in [-0.3, -0.25) is 4.79 Å². The van der Waals surface area contributed by atoms with Gasteiger partial charge in [0.05, 0.1) is 17.1 Å². The number of para-hydroxylation sites is 2. The number of aryl methyl sites for hydroxylation is 1. The topological polar surface area (TPSA) is 56.6 Å². The Labute approximate surface area is 170 Å². The lowest BCUT2D eigenvalue weighted by atomic mass is 10.0. The van der Waals surface area contributed by atoms with Crippen LogP contribution < -0.4 is 9.47 Å². The Morgan fingerprint density at radius 1 is 1.14 bits per heavy atom. The molecule has 3 heterocycles. The van der Waals surface area contributed by atoms with Gasteiger partial charge in [0.1, 0.15) is 25.6 Å². The maximum atomic E-state index is 13.3. The molecule has 1 saturated heterocycles. The van der Waals surface area contributed by atoms with Gasteiger partial charge in [-0.1, -0.05) is 25.1 Å². The number of benzene rings is 2. The lowest BCUT2D eigenvalue weighted by molar-refractivity contribution is -0.132. The van der Waals surface area contributed by atoms with Crippen molar-refractivity contribution in [3.05, 3.63) is 53.9 Å². The minimum Gasteiger partial charge on any atom is -0.486 e. The Balaban J connectivity index is 1.41. The van der Waals surface area contributed by atoms with E-state index in [1.165, 1.54) is 0 Å². The highest BCUT2D eigenvalue weighted by molar-refractivity contribution is 5.81. The van der Waals surface area contributed by atoms with E-state index < -0.39 is 0 Å². The Kier molecular flexibility index (Phi) is 4.62. The summed E-state index contributed by atoms with van der Waals surface area (Å²) in [6, 6.07) is 14.2. The largest absolute Gasteiger partial charge is 0.486 e. The third kappa shape index (κ3) is 3.22. The van der Waals surface area contributed by atoms with Crippen molar-refractivity contribution < 1.29 is 14.3 Å². The van der Waals surface area contributed by atoms with Crippen LogP contribution in [0.25, 0.3) is 11.0 Å². The molecule has 0 radical (unpaired) electrons. The highest BCUT2D eigenvalue weighted by atomic mass is 16.6. The zero-order chi connectivity index (χ0) is 19.8. The number of hydrogen-bond acceptors (Lipinski definition) is 4. The number of nitrogens with zero attached hydrogens (tertiary/aromatic N) is 3. The quantitative estimate of drug-likeness (QED) is 0.680. The van der Waals surface area contributed by atoms with E-state index in [9.17, 15) is 4.79 Å². The molecule has 0 saturated carbocycles. The number of ether oxygens (including phenoxy) is 2. The van der Waals surface area contributed by atoms with Crippen molar-refractivity contribution in [2.45, 2.75) is 38.8 Å². The molecule has 0 aliphatic carbocycles. The molecule has 0 unspecified atom stereocenters. The van der Waals surface area contributed by atoms with Crippen molar-refractivity contribution in [2.75, 3.05) is 19.8 Å². The summed E-state index contributed by atoms with van der Waals surface area (Å²) < 4.78 is 13.4. The fraction of sp³-hybridized carbons (Fsp3) is 0.391. The lowest BCUT2D eigenvalue weighted by Gasteiger charge is -2.27. The second-order valence-electron chi connectivity index (χ2n) is 7.60. The first-order valence-corrected chi connectivity index (χ1v) is 10.4. The number of fused-ring (bicyclic) bond motifs is 2. The van der Waals surface area contributed by atoms with Gasteiger partial charge in [-0.15, -0.1) is 0 Å². The van der Waals surface area contributed by atoms with Gasteiger partial charge in [0.2, 0.25) is 5.91 Å². The van der Waals surface area contributed by atoms with E-state index >= 15 is 0 Å². The molecular weight excluding hydrogens is 366 g/mol. The average molecular weight is 391 g/mol. The molecular formula is C23H25N3O3. The molecule has 150 valence electrons. The van der Waals surface area contributed by atoms with E-state index in [2.05, 4.69) is 17.6 Å². The molecule has 5 rings (SSSR count). The van der Waals surface area contributed by atoms with Crippen molar-refractivity contribution in [2.24, 2.45) is 0 Å². The van der Waals surface area contributed by atoms with E-state index in [-0.39, 0.29) is 11.9 Å². The van der Waals surface area contributed by atoms with Gasteiger partial charge in [0, 0.05) is 13.0 Å². The number of likely N-dealkylation sites (tertiary alicyclic amines) is 1. The number of aromatic nitrogens is 2. The van der Waals surface area contributed by atoms with Crippen LogP contribution in [0.1, 0.15) is 37.2 Å². The third-order valence-electron chi connectivity index (χ3n) is 5.87. The molecule has 2 aromatic carbocycles. The van der Waals surface area contributed by atoms with Crippen LogP contribution >= 0.6 is 0 Å². The van der Waals surface area contributed by atoms with Crippen LogP contribution in [-0.2, 0) is 17.8 Å². The SMILES string of the molecule is CCc1nc2ccccc2n1CC(=O)N1CCC[C@@H]1c1ccc2c(c1)OCCO2. The summed E-state index contributed by atoms with van der Waals surface area (Å²) in [5, 5.41) is 0. The molecule has 1 amide bonds. The summed E-state index contributed by atoms with van der Waals surface area (Å²) in [4.78, 5) is 20.0. The van der Waals surface area contributed by atoms with E-state index in [0.29, 0.717) is 19.8 Å². The van der Waals surface area contributed by atoms with E-state index in [1.807, 2.05) is 41.3 Å². The molecule has 0 bridgehead atoms. The minimum absolute atomic E-state index is 0.0817. The molecule has 1 atom stereocenters. The zero-order valence-electron chi connectivity index (χ0n) is 16.6. The summed E-state index contributed by atoms with van der Waals surface area (Å²) in [5.74, 6) is 2.66. The number of rotatable bonds is 4. The van der Waals surface area contributed by atoms with Gasteiger partial charge in [0.15, 0.2) is 11.5 Å². The fourth-order valence-corrected chi connectivity index (χ4v) is 4.48. The van der Waals surface area contributed by atoms with Crippen LogP contribution in [0, 0.1) is 0 Å². The lowest BCUT2D eigenvalue weighted by Crippen LogP contribution is -2.33. The maximum absolute atomic E-state index is 13.3. The van der Waals surface area contributed by atoms with Crippen molar-refractivity contribution in [1.29, 1.82) is 0 Å². The second-order valence-corrected chi connectivity index (χ2v) is 7.60. The zero-order valence-corrected chi connectivity index (χ0v) is 16.6. The van der Waals surface area contributed by atoms with Gasteiger partial charge in [-0.2, -0.15) is 0 Å².